The fourth-order valence-corrected chi connectivity index (χ4v) is 3.85. The number of hydrogen-bond acceptors (Lipinski definition) is 4. The van der Waals surface area contributed by atoms with Crippen molar-refractivity contribution in [3.63, 3.8) is 0 Å². The zero-order valence-electron chi connectivity index (χ0n) is 16.3. The summed E-state index contributed by atoms with van der Waals surface area (Å²) in [6.45, 7) is 1.07. The number of amides is 1. The number of ketones is 1. The largest absolute Gasteiger partial charge is 0.496 e. The summed E-state index contributed by atoms with van der Waals surface area (Å²) in [6, 6.07) is 14.7. The van der Waals surface area contributed by atoms with E-state index in [0.717, 1.165) is 24.2 Å². The van der Waals surface area contributed by atoms with Crippen LogP contribution in [0.25, 0.3) is 11.4 Å². The highest BCUT2D eigenvalue weighted by Crippen LogP contribution is 2.27. The number of nitrogens with one attached hydrogen (secondary N) is 1. The summed E-state index contributed by atoms with van der Waals surface area (Å²) in [5.41, 5.74) is 2.04. The minimum Gasteiger partial charge on any atom is -0.496 e. The number of Topliss-reactive ketones (excluding diaryl/α,β-unsaturated/α-hetero) is 1. The third-order valence-corrected chi connectivity index (χ3v) is 5.33. The van der Waals surface area contributed by atoms with Gasteiger partial charge in [-0.2, -0.15) is 0 Å². The van der Waals surface area contributed by atoms with Crippen molar-refractivity contribution in [2.45, 2.75) is 12.8 Å². The second-order valence-corrected chi connectivity index (χ2v) is 7.17. The predicted molar refractivity (Wildman–Crippen MR) is 110 cm³/mol. The van der Waals surface area contributed by atoms with Crippen molar-refractivity contribution in [1.82, 2.24) is 14.9 Å². The molecule has 0 radical (unpaired) electrons. The highest BCUT2D eigenvalue weighted by molar-refractivity contribution is 6.01. The number of carbonyl (C=O) groups is 2. The van der Waals surface area contributed by atoms with Crippen LogP contribution in [0.2, 0.25) is 0 Å². The quantitative estimate of drug-likeness (QED) is 0.673. The number of methoxy groups -OCH3 is 1. The van der Waals surface area contributed by atoms with Crippen molar-refractivity contribution in [2.75, 3.05) is 20.2 Å². The first-order valence-corrected chi connectivity index (χ1v) is 9.73. The number of likely N-dealkylation sites (tertiary alicyclic amines) is 1. The van der Waals surface area contributed by atoms with E-state index in [1.54, 1.807) is 42.6 Å². The predicted octanol–water partition coefficient (Wildman–Crippen LogP) is 3.82. The number of hydrogen-bond donors (Lipinski definition) is 1. The first-order valence-electron chi connectivity index (χ1n) is 9.73. The van der Waals surface area contributed by atoms with Gasteiger partial charge in [0.05, 0.1) is 12.7 Å². The molecule has 29 heavy (non-hydrogen) atoms. The van der Waals surface area contributed by atoms with Gasteiger partial charge in [0.2, 0.25) is 0 Å². The van der Waals surface area contributed by atoms with E-state index in [0.29, 0.717) is 30.0 Å². The maximum Gasteiger partial charge on any atom is 0.253 e. The van der Waals surface area contributed by atoms with E-state index in [4.69, 9.17) is 4.74 Å². The van der Waals surface area contributed by atoms with Crippen molar-refractivity contribution in [2.24, 2.45) is 5.92 Å². The van der Waals surface area contributed by atoms with Crippen molar-refractivity contribution in [3.8, 4) is 17.1 Å². The van der Waals surface area contributed by atoms with Crippen LogP contribution < -0.4 is 4.74 Å². The molecule has 0 spiro atoms. The molecule has 2 aromatic carbocycles. The van der Waals surface area contributed by atoms with Gasteiger partial charge in [-0.05, 0) is 37.1 Å². The lowest BCUT2D eigenvalue weighted by Gasteiger charge is -2.32. The van der Waals surface area contributed by atoms with Crippen LogP contribution in [0, 0.1) is 5.92 Å². The monoisotopic (exact) mass is 389 g/mol. The number of aromatic amines is 1. The minimum absolute atomic E-state index is 0.0317. The minimum atomic E-state index is -0.225. The molecule has 0 bridgehead atoms. The highest BCUT2D eigenvalue weighted by Gasteiger charge is 2.30. The SMILES string of the molecule is COc1ccccc1C(=O)[C@H]1CCCN(C(=O)c2cccc(-c3ncc[nH]3)c2)C1. The molecular weight excluding hydrogens is 366 g/mol. The number of rotatable bonds is 5. The summed E-state index contributed by atoms with van der Waals surface area (Å²) in [5, 5.41) is 0. The van der Waals surface area contributed by atoms with Gasteiger partial charge in [0.1, 0.15) is 11.6 Å². The maximum atomic E-state index is 13.1. The van der Waals surface area contributed by atoms with Gasteiger partial charge in [-0.3, -0.25) is 9.59 Å². The summed E-state index contributed by atoms with van der Waals surface area (Å²) >= 11 is 0. The number of benzene rings is 2. The standard InChI is InChI=1S/C23H23N3O3/c1-29-20-10-3-2-9-19(20)21(27)18-8-5-13-26(15-18)23(28)17-7-4-6-16(14-17)22-24-11-12-25-22/h2-4,6-7,9-12,14,18H,5,8,13,15H2,1H3,(H,24,25)/t18-/m0/s1. The molecule has 1 aliphatic rings. The lowest BCUT2D eigenvalue weighted by molar-refractivity contribution is 0.0636. The highest BCUT2D eigenvalue weighted by atomic mass is 16.5. The number of ether oxygens (including phenoxy) is 1. The Morgan fingerprint density at radius 1 is 1.17 bits per heavy atom. The Morgan fingerprint density at radius 3 is 2.83 bits per heavy atom. The Labute approximate surface area is 169 Å². The van der Waals surface area contributed by atoms with Gasteiger partial charge < -0.3 is 14.6 Å². The fraction of sp³-hybridized carbons (Fsp3) is 0.261. The zero-order chi connectivity index (χ0) is 20.2. The van der Waals surface area contributed by atoms with Crippen LogP contribution in [0.15, 0.2) is 60.9 Å². The van der Waals surface area contributed by atoms with Crippen LogP contribution in [-0.4, -0.2) is 46.8 Å². The number of aromatic nitrogens is 2. The van der Waals surface area contributed by atoms with E-state index < -0.39 is 0 Å². The molecule has 6 heteroatoms. The van der Waals surface area contributed by atoms with E-state index in [1.165, 1.54) is 0 Å². The van der Waals surface area contributed by atoms with Gasteiger partial charge in [-0.15, -0.1) is 0 Å². The number of nitrogens with zero attached hydrogens (tertiary/aromatic N) is 2. The Bertz CT molecular complexity index is 1010. The fourth-order valence-electron chi connectivity index (χ4n) is 3.85. The van der Waals surface area contributed by atoms with Crippen LogP contribution in [-0.2, 0) is 0 Å². The van der Waals surface area contributed by atoms with Crippen molar-refractivity contribution >= 4 is 11.7 Å². The Balaban J connectivity index is 1.52. The van der Waals surface area contributed by atoms with E-state index in [2.05, 4.69) is 9.97 Å². The van der Waals surface area contributed by atoms with E-state index in [1.807, 2.05) is 30.3 Å². The Morgan fingerprint density at radius 2 is 2.03 bits per heavy atom. The molecule has 2 heterocycles. The van der Waals surface area contributed by atoms with E-state index >= 15 is 0 Å². The molecule has 1 amide bonds. The average Bonchev–Trinajstić information content (AvgIpc) is 3.33. The van der Waals surface area contributed by atoms with Crippen molar-refractivity contribution in [3.05, 3.63) is 72.1 Å². The molecule has 148 valence electrons. The van der Waals surface area contributed by atoms with Gasteiger partial charge in [-0.1, -0.05) is 24.3 Å². The van der Waals surface area contributed by atoms with Gasteiger partial charge in [0.15, 0.2) is 5.78 Å². The van der Waals surface area contributed by atoms with Crippen molar-refractivity contribution < 1.29 is 14.3 Å². The molecule has 1 saturated heterocycles. The third-order valence-electron chi connectivity index (χ3n) is 5.33. The lowest BCUT2D eigenvalue weighted by Crippen LogP contribution is -2.42. The normalized spacial score (nSPS) is 16.4. The van der Waals surface area contributed by atoms with E-state index in [-0.39, 0.29) is 17.6 Å². The Hall–Kier alpha value is -3.41. The molecular formula is C23H23N3O3. The summed E-state index contributed by atoms with van der Waals surface area (Å²) in [6.07, 6.45) is 5.01. The molecule has 3 aromatic rings. The number of carbonyl (C=O) groups excluding carboxylic acids is 2. The van der Waals surface area contributed by atoms with Crippen LogP contribution in [0.4, 0.5) is 0 Å². The van der Waals surface area contributed by atoms with Gasteiger partial charge >= 0.3 is 0 Å². The van der Waals surface area contributed by atoms with Gasteiger partial charge in [0.25, 0.3) is 5.91 Å². The van der Waals surface area contributed by atoms with Crippen LogP contribution >= 0.6 is 0 Å². The molecule has 1 aliphatic heterocycles. The summed E-state index contributed by atoms with van der Waals surface area (Å²) < 4.78 is 5.34. The second-order valence-electron chi connectivity index (χ2n) is 7.17. The van der Waals surface area contributed by atoms with Crippen LogP contribution in [0.5, 0.6) is 5.75 Å². The van der Waals surface area contributed by atoms with Crippen molar-refractivity contribution in [1.29, 1.82) is 0 Å². The Kier molecular flexibility index (Phi) is 5.42. The van der Waals surface area contributed by atoms with E-state index in [9.17, 15) is 9.59 Å². The molecule has 0 unspecified atom stereocenters. The molecule has 0 saturated carbocycles. The molecule has 1 atom stereocenters. The molecule has 1 N–H and O–H groups in total. The number of imidazole rings is 1. The average molecular weight is 389 g/mol. The first kappa shape index (κ1) is 18.9. The number of para-hydroxylation sites is 1. The topological polar surface area (TPSA) is 75.3 Å². The maximum absolute atomic E-state index is 13.1. The summed E-state index contributed by atoms with van der Waals surface area (Å²) in [5.74, 6) is 1.05. The molecule has 4 rings (SSSR count). The second kappa shape index (κ2) is 8.31. The van der Waals surface area contributed by atoms with Gasteiger partial charge in [-0.25, -0.2) is 4.98 Å². The first-order chi connectivity index (χ1) is 14.2. The molecule has 1 aromatic heterocycles. The van der Waals surface area contributed by atoms with Crippen LogP contribution in [0.3, 0.4) is 0 Å². The molecule has 6 nitrogen and oxygen atoms in total. The zero-order valence-corrected chi connectivity index (χ0v) is 16.3. The summed E-state index contributed by atoms with van der Waals surface area (Å²) in [4.78, 5) is 35.3. The van der Waals surface area contributed by atoms with Gasteiger partial charge in [0, 0.05) is 42.5 Å². The summed E-state index contributed by atoms with van der Waals surface area (Å²) in [7, 11) is 1.56. The molecule has 1 fully saturated rings. The number of piperidine rings is 1. The number of H-pyrrole nitrogens is 1. The lowest BCUT2D eigenvalue weighted by atomic mass is 9.89. The third kappa shape index (κ3) is 3.92. The molecule has 0 aliphatic carbocycles. The van der Waals surface area contributed by atoms with Crippen LogP contribution in [0.1, 0.15) is 33.6 Å². The smallest absolute Gasteiger partial charge is 0.253 e.